The third-order valence-electron chi connectivity index (χ3n) is 4.15. The standard InChI is InChI=1S/C20H24N2O3/c1-15(17-6-4-3-5-7-17)21-20(23)14-22(2)13-16-8-9-18-19(12-16)25-11-10-24-18/h3-9,12,15H,10-11,13-14H2,1-2H3,(H,21,23)/t15-/m1/s1. The van der Waals surface area contributed by atoms with Gasteiger partial charge in [-0.3, -0.25) is 9.69 Å². The molecule has 1 heterocycles. The maximum absolute atomic E-state index is 12.3. The van der Waals surface area contributed by atoms with Gasteiger partial charge in [0.1, 0.15) is 13.2 Å². The first-order chi connectivity index (χ1) is 12.1. The molecule has 0 saturated carbocycles. The van der Waals surface area contributed by atoms with Crippen molar-refractivity contribution in [2.45, 2.75) is 19.5 Å². The van der Waals surface area contributed by atoms with Crippen molar-refractivity contribution in [3.8, 4) is 11.5 Å². The van der Waals surface area contributed by atoms with E-state index in [9.17, 15) is 4.79 Å². The molecule has 0 radical (unpaired) electrons. The molecule has 0 bridgehead atoms. The lowest BCUT2D eigenvalue weighted by atomic mass is 10.1. The fourth-order valence-corrected chi connectivity index (χ4v) is 2.91. The van der Waals surface area contributed by atoms with Crippen molar-refractivity contribution >= 4 is 5.91 Å². The summed E-state index contributed by atoms with van der Waals surface area (Å²) in [5.41, 5.74) is 2.20. The fraction of sp³-hybridized carbons (Fsp3) is 0.350. The van der Waals surface area contributed by atoms with E-state index in [1.54, 1.807) is 0 Å². The number of nitrogens with zero attached hydrogens (tertiary/aromatic N) is 1. The van der Waals surface area contributed by atoms with Gasteiger partial charge in [0.15, 0.2) is 11.5 Å². The van der Waals surface area contributed by atoms with Gasteiger partial charge in [-0.25, -0.2) is 0 Å². The van der Waals surface area contributed by atoms with Gasteiger partial charge in [-0.2, -0.15) is 0 Å². The molecule has 3 rings (SSSR count). The summed E-state index contributed by atoms with van der Waals surface area (Å²) in [7, 11) is 1.93. The zero-order valence-corrected chi connectivity index (χ0v) is 14.7. The SMILES string of the molecule is C[C@@H](NC(=O)CN(C)Cc1ccc2c(c1)OCCO2)c1ccccc1. The third kappa shape index (κ3) is 4.73. The zero-order chi connectivity index (χ0) is 17.6. The molecule has 0 unspecified atom stereocenters. The van der Waals surface area contributed by atoms with Crippen LogP contribution in [0, 0.1) is 0 Å². The van der Waals surface area contributed by atoms with E-state index in [-0.39, 0.29) is 11.9 Å². The number of likely N-dealkylation sites (N-methyl/N-ethyl adjacent to an activating group) is 1. The van der Waals surface area contributed by atoms with E-state index in [2.05, 4.69) is 5.32 Å². The summed E-state index contributed by atoms with van der Waals surface area (Å²) in [6, 6.07) is 15.9. The molecule has 0 fully saturated rings. The number of carbonyl (C=O) groups excluding carboxylic acids is 1. The van der Waals surface area contributed by atoms with E-state index in [0.717, 1.165) is 22.6 Å². The van der Waals surface area contributed by atoms with E-state index in [1.165, 1.54) is 0 Å². The van der Waals surface area contributed by atoms with E-state index >= 15 is 0 Å². The Labute approximate surface area is 148 Å². The Kier molecular flexibility index (Phi) is 5.56. The van der Waals surface area contributed by atoms with Gasteiger partial charge in [-0.05, 0) is 37.2 Å². The number of hydrogen-bond acceptors (Lipinski definition) is 4. The van der Waals surface area contributed by atoms with Crippen LogP contribution in [0.1, 0.15) is 24.1 Å². The van der Waals surface area contributed by atoms with Crippen molar-refractivity contribution in [2.75, 3.05) is 26.8 Å². The van der Waals surface area contributed by atoms with Crippen molar-refractivity contribution in [1.29, 1.82) is 0 Å². The second-order valence-electron chi connectivity index (χ2n) is 6.35. The molecule has 5 nitrogen and oxygen atoms in total. The summed E-state index contributed by atoms with van der Waals surface area (Å²) >= 11 is 0. The lowest BCUT2D eigenvalue weighted by Gasteiger charge is -2.21. The Morgan fingerprint density at radius 2 is 1.84 bits per heavy atom. The third-order valence-corrected chi connectivity index (χ3v) is 4.15. The molecule has 0 aromatic heterocycles. The number of carbonyl (C=O) groups is 1. The molecule has 1 amide bonds. The largest absolute Gasteiger partial charge is 0.486 e. The summed E-state index contributed by atoms with van der Waals surface area (Å²) < 4.78 is 11.1. The molecule has 25 heavy (non-hydrogen) atoms. The van der Waals surface area contributed by atoms with Gasteiger partial charge in [0.2, 0.25) is 5.91 Å². The van der Waals surface area contributed by atoms with Crippen molar-refractivity contribution < 1.29 is 14.3 Å². The normalized spacial score (nSPS) is 14.2. The molecule has 1 aliphatic heterocycles. The molecule has 2 aromatic rings. The number of ether oxygens (including phenoxy) is 2. The Hall–Kier alpha value is -2.53. The molecular weight excluding hydrogens is 316 g/mol. The van der Waals surface area contributed by atoms with Gasteiger partial charge in [-0.1, -0.05) is 36.4 Å². The van der Waals surface area contributed by atoms with Crippen LogP contribution in [0.5, 0.6) is 11.5 Å². The van der Waals surface area contributed by atoms with E-state index < -0.39 is 0 Å². The van der Waals surface area contributed by atoms with E-state index in [0.29, 0.717) is 26.3 Å². The first-order valence-electron chi connectivity index (χ1n) is 8.53. The van der Waals surface area contributed by atoms with Gasteiger partial charge in [0.05, 0.1) is 12.6 Å². The van der Waals surface area contributed by atoms with E-state index in [1.807, 2.05) is 67.4 Å². The number of fused-ring (bicyclic) bond motifs is 1. The lowest BCUT2D eigenvalue weighted by molar-refractivity contribution is -0.122. The van der Waals surface area contributed by atoms with Crippen LogP contribution in [0.15, 0.2) is 48.5 Å². The summed E-state index contributed by atoms with van der Waals surface area (Å²) in [4.78, 5) is 14.2. The number of benzene rings is 2. The van der Waals surface area contributed by atoms with Crippen LogP contribution in [0.4, 0.5) is 0 Å². The second-order valence-corrected chi connectivity index (χ2v) is 6.35. The monoisotopic (exact) mass is 340 g/mol. The van der Waals surface area contributed by atoms with Gasteiger partial charge in [0.25, 0.3) is 0 Å². The Bertz CT molecular complexity index is 718. The van der Waals surface area contributed by atoms with E-state index in [4.69, 9.17) is 9.47 Å². The van der Waals surface area contributed by atoms with Crippen LogP contribution in [0.3, 0.4) is 0 Å². The molecule has 132 valence electrons. The summed E-state index contributed by atoms with van der Waals surface area (Å²) in [6.07, 6.45) is 0. The highest BCUT2D eigenvalue weighted by Crippen LogP contribution is 2.30. The molecule has 2 aromatic carbocycles. The van der Waals surface area contributed by atoms with Crippen LogP contribution in [0.2, 0.25) is 0 Å². The number of amides is 1. The second kappa shape index (κ2) is 8.03. The average Bonchev–Trinajstić information content (AvgIpc) is 2.62. The summed E-state index contributed by atoms with van der Waals surface area (Å²) in [6.45, 7) is 4.17. The molecule has 5 heteroatoms. The lowest BCUT2D eigenvalue weighted by Crippen LogP contribution is -2.36. The van der Waals surface area contributed by atoms with Crippen LogP contribution in [-0.2, 0) is 11.3 Å². The molecule has 0 aliphatic carbocycles. The highest BCUT2D eigenvalue weighted by molar-refractivity contribution is 5.78. The highest BCUT2D eigenvalue weighted by Gasteiger charge is 2.14. The predicted octanol–water partition coefficient (Wildman–Crippen LogP) is 2.77. The van der Waals surface area contributed by atoms with Crippen LogP contribution < -0.4 is 14.8 Å². The molecule has 0 spiro atoms. The maximum atomic E-state index is 12.3. The van der Waals surface area contributed by atoms with Crippen molar-refractivity contribution in [2.24, 2.45) is 0 Å². The average molecular weight is 340 g/mol. The first-order valence-corrected chi connectivity index (χ1v) is 8.53. The number of nitrogens with one attached hydrogen (secondary N) is 1. The molecule has 1 aliphatic rings. The molecular formula is C20H24N2O3. The molecule has 0 saturated heterocycles. The van der Waals surface area contributed by atoms with Crippen LogP contribution in [-0.4, -0.2) is 37.6 Å². The summed E-state index contributed by atoms with van der Waals surface area (Å²) in [5, 5.41) is 3.04. The van der Waals surface area contributed by atoms with Gasteiger partial charge in [-0.15, -0.1) is 0 Å². The van der Waals surface area contributed by atoms with Crippen molar-refractivity contribution in [3.63, 3.8) is 0 Å². The first kappa shape index (κ1) is 17.3. The number of rotatable bonds is 6. The van der Waals surface area contributed by atoms with Gasteiger partial charge < -0.3 is 14.8 Å². The highest BCUT2D eigenvalue weighted by atomic mass is 16.6. The maximum Gasteiger partial charge on any atom is 0.234 e. The molecule has 1 N–H and O–H groups in total. The minimum atomic E-state index is -0.00334. The Morgan fingerprint density at radius 3 is 2.60 bits per heavy atom. The quantitative estimate of drug-likeness (QED) is 0.878. The van der Waals surface area contributed by atoms with Crippen molar-refractivity contribution in [3.05, 3.63) is 59.7 Å². The van der Waals surface area contributed by atoms with Crippen molar-refractivity contribution in [1.82, 2.24) is 10.2 Å². The van der Waals surface area contributed by atoms with Gasteiger partial charge in [0, 0.05) is 6.54 Å². The minimum absolute atomic E-state index is 0.00334. The number of hydrogen-bond donors (Lipinski definition) is 1. The van der Waals surface area contributed by atoms with Gasteiger partial charge >= 0.3 is 0 Å². The minimum Gasteiger partial charge on any atom is -0.486 e. The summed E-state index contributed by atoms with van der Waals surface area (Å²) in [5.74, 6) is 1.57. The van der Waals surface area contributed by atoms with Crippen LogP contribution >= 0.6 is 0 Å². The van der Waals surface area contributed by atoms with Crippen LogP contribution in [0.25, 0.3) is 0 Å². The predicted molar refractivity (Wildman–Crippen MR) is 96.8 cm³/mol. The topological polar surface area (TPSA) is 50.8 Å². The Balaban J connectivity index is 1.52. The zero-order valence-electron chi connectivity index (χ0n) is 14.7. The molecule has 1 atom stereocenters. The smallest absolute Gasteiger partial charge is 0.234 e. The fourth-order valence-electron chi connectivity index (χ4n) is 2.91. The Morgan fingerprint density at radius 1 is 1.12 bits per heavy atom.